The largest absolute Gasteiger partial charge is 0.482 e. The van der Waals surface area contributed by atoms with Gasteiger partial charge in [0.05, 0.1) is 18.2 Å². The van der Waals surface area contributed by atoms with Gasteiger partial charge in [-0.05, 0) is 18.2 Å². The molecule has 2 saturated heterocycles. The van der Waals surface area contributed by atoms with E-state index in [9.17, 15) is 14.4 Å². The SMILES string of the molecule is CN1C(=O)COc2ccc(C(=O)N3C[C@@H]4COC(=O)[C@@H]4C3)cc21. The minimum atomic E-state index is -0.213. The Bertz CT molecular complexity index is 716. The van der Waals surface area contributed by atoms with Crippen LogP contribution < -0.4 is 9.64 Å². The molecule has 7 heteroatoms. The Hall–Kier alpha value is -2.57. The third-order valence-electron chi connectivity index (χ3n) is 4.76. The number of anilines is 1. The highest BCUT2D eigenvalue weighted by molar-refractivity contribution is 6.01. The van der Waals surface area contributed by atoms with Gasteiger partial charge in [-0.15, -0.1) is 0 Å². The van der Waals surface area contributed by atoms with E-state index >= 15 is 0 Å². The highest BCUT2D eigenvalue weighted by atomic mass is 16.5. The maximum atomic E-state index is 12.7. The van der Waals surface area contributed by atoms with Gasteiger partial charge in [0.2, 0.25) is 0 Å². The molecular formula is C16H16N2O5. The van der Waals surface area contributed by atoms with Gasteiger partial charge in [0.25, 0.3) is 11.8 Å². The lowest BCUT2D eigenvalue weighted by Crippen LogP contribution is -2.36. The molecule has 0 aromatic heterocycles. The van der Waals surface area contributed by atoms with E-state index in [0.29, 0.717) is 36.7 Å². The quantitative estimate of drug-likeness (QED) is 0.696. The Morgan fingerprint density at radius 1 is 1.22 bits per heavy atom. The first-order valence-electron chi connectivity index (χ1n) is 7.54. The summed E-state index contributed by atoms with van der Waals surface area (Å²) in [6.07, 6.45) is 0. The maximum absolute atomic E-state index is 12.7. The fraction of sp³-hybridized carbons (Fsp3) is 0.438. The van der Waals surface area contributed by atoms with Crippen LogP contribution in [0, 0.1) is 11.8 Å². The van der Waals surface area contributed by atoms with Gasteiger partial charge in [-0.3, -0.25) is 14.4 Å². The van der Waals surface area contributed by atoms with Crippen LogP contribution in [0.2, 0.25) is 0 Å². The number of benzene rings is 1. The van der Waals surface area contributed by atoms with Crippen molar-refractivity contribution in [1.29, 1.82) is 0 Å². The minimum Gasteiger partial charge on any atom is -0.482 e. The first-order valence-corrected chi connectivity index (χ1v) is 7.54. The Morgan fingerprint density at radius 2 is 2.04 bits per heavy atom. The topological polar surface area (TPSA) is 76.2 Å². The summed E-state index contributed by atoms with van der Waals surface area (Å²) in [5.74, 6) is -0.0252. The van der Waals surface area contributed by atoms with Gasteiger partial charge in [-0.1, -0.05) is 0 Å². The van der Waals surface area contributed by atoms with Gasteiger partial charge in [0, 0.05) is 31.6 Å². The number of likely N-dealkylation sites (tertiary alicyclic amines) is 1. The molecule has 0 unspecified atom stereocenters. The van der Waals surface area contributed by atoms with Crippen LogP contribution in [0.15, 0.2) is 18.2 Å². The number of ether oxygens (including phenoxy) is 2. The number of carbonyl (C=O) groups is 3. The van der Waals surface area contributed by atoms with Gasteiger partial charge >= 0.3 is 5.97 Å². The summed E-state index contributed by atoms with van der Waals surface area (Å²) < 4.78 is 10.4. The number of carbonyl (C=O) groups excluding carboxylic acids is 3. The zero-order valence-corrected chi connectivity index (χ0v) is 12.7. The van der Waals surface area contributed by atoms with Gasteiger partial charge in [0.15, 0.2) is 6.61 Å². The van der Waals surface area contributed by atoms with E-state index in [-0.39, 0.29) is 36.2 Å². The molecule has 0 bridgehead atoms. The summed E-state index contributed by atoms with van der Waals surface area (Å²) in [6.45, 7) is 1.32. The number of fused-ring (bicyclic) bond motifs is 2. The molecule has 0 N–H and O–H groups in total. The second-order valence-corrected chi connectivity index (χ2v) is 6.13. The monoisotopic (exact) mass is 316 g/mol. The number of hydrogen-bond acceptors (Lipinski definition) is 5. The minimum absolute atomic E-state index is 0.00832. The van der Waals surface area contributed by atoms with Crippen LogP contribution in [0.25, 0.3) is 0 Å². The lowest BCUT2D eigenvalue weighted by molar-refractivity contribution is -0.141. The van der Waals surface area contributed by atoms with Crippen molar-refractivity contribution in [3.05, 3.63) is 23.8 Å². The molecule has 2 atom stereocenters. The number of nitrogens with zero attached hydrogens (tertiary/aromatic N) is 2. The number of cyclic esters (lactones) is 1. The van der Waals surface area contributed by atoms with Crippen molar-refractivity contribution in [2.24, 2.45) is 11.8 Å². The van der Waals surface area contributed by atoms with Gasteiger partial charge in [-0.2, -0.15) is 0 Å². The first kappa shape index (κ1) is 14.0. The number of esters is 1. The number of rotatable bonds is 1. The van der Waals surface area contributed by atoms with Crippen molar-refractivity contribution in [2.45, 2.75) is 0 Å². The lowest BCUT2D eigenvalue weighted by atomic mass is 10.0. The first-order chi connectivity index (χ1) is 11.0. The summed E-state index contributed by atoms with van der Waals surface area (Å²) in [7, 11) is 1.66. The molecule has 120 valence electrons. The van der Waals surface area contributed by atoms with Crippen LogP contribution in [0.1, 0.15) is 10.4 Å². The Morgan fingerprint density at radius 3 is 2.83 bits per heavy atom. The van der Waals surface area contributed by atoms with Gasteiger partial charge < -0.3 is 19.3 Å². The third-order valence-corrected chi connectivity index (χ3v) is 4.76. The molecule has 2 fully saturated rings. The average Bonchev–Trinajstić information content (AvgIpc) is 3.12. The second kappa shape index (κ2) is 4.97. The van der Waals surface area contributed by atoms with Crippen molar-refractivity contribution in [1.82, 2.24) is 4.90 Å². The highest BCUT2D eigenvalue weighted by Gasteiger charge is 2.45. The molecule has 4 rings (SSSR count). The average molecular weight is 316 g/mol. The summed E-state index contributed by atoms with van der Waals surface area (Å²) in [6, 6.07) is 5.06. The van der Waals surface area contributed by atoms with Crippen molar-refractivity contribution < 1.29 is 23.9 Å². The summed E-state index contributed by atoms with van der Waals surface area (Å²) in [4.78, 5) is 39.2. The number of likely N-dealkylation sites (N-methyl/N-ethyl adjacent to an activating group) is 1. The van der Waals surface area contributed by atoms with E-state index < -0.39 is 0 Å². The molecule has 0 radical (unpaired) electrons. The number of amides is 2. The molecule has 1 aromatic rings. The summed E-state index contributed by atoms with van der Waals surface area (Å²) in [5.41, 5.74) is 1.08. The fourth-order valence-electron chi connectivity index (χ4n) is 3.36. The van der Waals surface area contributed by atoms with Crippen LogP contribution >= 0.6 is 0 Å². The van der Waals surface area contributed by atoms with E-state index in [1.807, 2.05) is 0 Å². The normalized spacial score (nSPS) is 25.8. The molecule has 0 saturated carbocycles. The van der Waals surface area contributed by atoms with E-state index in [4.69, 9.17) is 9.47 Å². The highest BCUT2D eigenvalue weighted by Crippen LogP contribution is 2.34. The van der Waals surface area contributed by atoms with E-state index in [0.717, 1.165) is 0 Å². The fourth-order valence-corrected chi connectivity index (χ4v) is 3.36. The molecule has 1 aromatic carbocycles. The molecular weight excluding hydrogens is 300 g/mol. The van der Waals surface area contributed by atoms with Crippen LogP contribution in [0.5, 0.6) is 5.75 Å². The van der Waals surface area contributed by atoms with Crippen molar-refractivity contribution in [3.63, 3.8) is 0 Å². The van der Waals surface area contributed by atoms with E-state index in [1.54, 1.807) is 30.1 Å². The Balaban J connectivity index is 1.58. The Labute approximate surface area is 132 Å². The van der Waals surface area contributed by atoms with Crippen LogP contribution in [-0.4, -0.2) is 56.0 Å². The molecule has 3 heterocycles. The van der Waals surface area contributed by atoms with Crippen molar-refractivity contribution >= 4 is 23.5 Å². The van der Waals surface area contributed by atoms with Crippen LogP contribution in [-0.2, 0) is 14.3 Å². The standard InChI is InChI=1S/C16H16N2O5/c1-17-12-4-9(2-3-13(12)22-8-14(17)19)15(20)18-5-10-7-23-16(21)11(10)6-18/h2-4,10-11H,5-8H2,1H3/t10-,11-/m1/s1. The zero-order chi connectivity index (χ0) is 16.1. The predicted molar refractivity (Wildman–Crippen MR) is 79.2 cm³/mol. The smallest absolute Gasteiger partial charge is 0.311 e. The van der Waals surface area contributed by atoms with Crippen molar-refractivity contribution in [2.75, 3.05) is 38.3 Å². The zero-order valence-electron chi connectivity index (χ0n) is 12.7. The van der Waals surface area contributed by atoms with Crippen LogP contribution in [0.4, 0.5) is 5.69 Å². The third kappa shape index (κ3) is 2.15. The second-order valence-electron chi connectivity index (χ2n) is 6.13. The molecule has 3 aliphatic heterocycles. The van der Waals surface area contributed by atoms with E-state index in [1.165, 1.54) is 4.90 Å². The predicted octanol–water partition coefficient (Wildman–Crippen LogP) is 0.287. The Kier molecular flexibility index (Phi) is 3.04. The molecule has 0 spiro atoms. The van der Waals surface area contributed by atoms with Crippen LogP contribution in [0.3, 0.4) is 0 Å². The molecule has 3 aliphatic rings. The van der Waals surface area contributed by atoms with Gasteiger partial charge in [-0.25, -0.2) is 0 Å². The summed E-state index contributed by atoms with van der Waals surface area (Å²) >= 11 is 0. The maximum Gasteiger partial charge on any atom is 0.311 e. The van der Waals surface area contributed by atoms with Gasteiger partial charge in [0.1, 0.15) is 5.75 Å². The van der Waals surface area contributed by atoms with Crippen molar-refractivity contribution in [3.8, 4) is 5.75 Å². The number of hydrogen-bond donors (Lipinski definition) is 0. The molecule has 23 heavy (non-hydrogen) atoms. The molecule has 7 nitrogen and oxygen atoms in total. The van der Waals surface area contributed by atoms with E-state index in [2.05, 4.69) is 0 Å². The summed E-state index contributed by atoms with van der Waals surface area (Å²) in [5, 5.41) is 0. The lowest BCUT2D eigenvalue weighted by Gasteiger charge is -2.26. The molecule has 2 amide bonds. The molecule has 0 aliphatic carbocycles.